The lowest BCUT2D eigenvalue weighted by Crippen LogP contribution is -2.41. The fourth-order valence-corrected chi connectivity index (χ4v) is 3.16. The Morgan fingerprint density at radius 2 is 1.91 bits per heavy atom. The molecule has 0 saturated carbocycles. The standard InChI is InChI=1S/C15H16Br2N2O3/c1-22-15(21)13(5-3-2-4-6-18)19-14(20)10-7-11(16)9-12(17)8-10/h7-9,13H,2-5H2,1H3,(H,19,20)/t13-/m0/s1. The highest BCUT2D eigenvalue weighted by atomic mass is 79.9. The molecule has 0 aromatic heterocycles. The Hall–Kier alpha value is -1.39. The predicted molar refractivity (Wildman–Crippen MR) is 89.2 cm³/mol. The summed E-state index contributed by atoms with van der Waals surface area (Å²) in [5, 5.41) is 11.2. The number of rotatable bonds is 7. The van der Waals surface area contributed by atoms with E-state index in [0.717, 1.165) is 8.95 Å². The van der Waals surface area contributed by atoms with Gasteiger partial charge in [-0.3, -0.25) is 4.79 Å². The Morgan fingerprint density at radius 3 is 2.45 bits per heavy atom. The van der Waals surface area contributed by atoms with E-state index in [1.807, 2.05) is 12.1 Å². The SMILES string of the molecule is COC(=O)[C@H](CCCCC#N)NC(=O)c1cc(Br)cc(Br)c1. The first kappa shape index (κ1) is 18.7. The largest absolute Gasteiger partial charge is 0.467 e. The minimum Gasteiger partial charge on any atom is -0.467 e. The van der Waals surface area contributed by atoms with Gasteiger partial charge in [0.25, 0.3) is 5.91 Å². The van der Waals surface area contributed by atoms with Crippen LogP contribution in [0.15, 0.2) is 27.1 Å². The van der Waals surface area contributed by atoms with Gasteiger partial charge in [-0.25, -0.2) is 4.79 Å². The number of benzene rings is 1. The first-order chi connectivity index (χ1) is 10.5. The Bertz CT molecular complexity index is 564. The molecule has 7 heteroatoms. The van der Waals surface area contributed by atoms with Crippen molar-refractivity contribution in [2.24, 2.45) is 0 Å². The maximum atomic E-state index is 12.3. The summed E-state index contributed by atoms with van der Waals surface area (Å²) in [4.78, 5) is 24.0. The van der Waals surface area contributed by atoms with Crippen molar-refractivity contribution in [2.75, 3.05) is 7.11 Å². The Kier molecular flexibility index (Phi) is 8.13. The first-order valence-electron chi connectivity index (χ1n) is 6.69. The lowest BCUT2D eigenvalue weighted by molar-refractivity contribution is -0.143. The van der Waals surface area contributed by atoms with Crippen molar-refractivity contribution in [2.45, 2.75) is 31.7 Å². The molecule has 118 valence electrons. The fraction of sp³-hybridized carbons (Fsp3) is 0.400. The number of nitrogens with zero attached hydrogens (tertiary/aromatic N) is 1. The van der Waals surface area contributed by atoms with Crippen LogP contribution in [-0.4, -0.2) is 25.0 Å². The summed E-state index contributed by atoms with van der Waals surface area (Å²) in [5.74, 6) is -0.836. The lowest BCUT2D eigenvalue weighted by Gasteiger charge is -2.16. The smallest absolute Gasteiger partial charge is 0.328 e. The van der Waals surface area contributed by atoms with Crippen LogP contribution < -0.4 is 5.32 Å². The van der Waals surface area contributed by atoms with Crippen LogP contribution in [0.25, 0.3) is 0 Å². The molecule has 0 aliphatic heterocycles. The van der Waals surface area contributed by atoms with Crippen LogP contribution in [0, 0.1) is 11.3 Å². The normalized spacial score (nSPS) is 11.4. The topological polar surface area (TPSA) is 79.2 Å². The molecule has 0 bridgehead atoms. The highest BCUT2D eigenvalue weighted by Crippen LogP contribution is 2.20. The van der Waals surface area contributed by atoms with E-state index in [2.05, 4.69) is 37.2 Å². The van der Waals surface area contributed by atoms with Gasteiger partial charge >= 0.3 is 5.97 Å². The summed E-state index contributed by atoms with van der Waals surface area (Å²) in [6.45, 7) is 0. The van der Waals surface area contributed by atoms with Gasteiger partial charge in [-0.15, -0.1) is 0 Å². The van der Waals surface area contributed by atoms with Gasteiger partial charge in [-0.2, -0.15) is 5.26 Å². The highest BCUT2D eigenvalue weighted by Gasteiger charge is 2.22. The number of nitrogens with one attached hydrogen (secondary N) is 1. The number of hydrogen-bond acceptors (Lipinski definition) is 4. The first-order valence-corrected chi connectivity index (χ1v) is 8.28. The number of methoxy groups -OCH3 is 1. The molecular weight excluding hydrogens is 416 g/mol. The lowest BCUT2D eigenvalue weighted by atomic mass is 10.1. The molecule has 1 atom stereocenters. The van der Waals surface area contributed by atoms with E-state index in [1.54, 1.807) is 12.1 Å². The van der Waals surface area contributed by atoms with Gasteiger partial charge < -0.3 is 10.1 Å². The number of hydrogen-bond donors (Lipinski definition) is 1. The van der Waals surface area contributed by atoms with Crippen molar-refractivity contribution < 1.29 is 14.3 Å². The summed E-state index contributed by atoms with van der Waals surface area (Å²) in [5.41, 5.74) is 0.437. The summed E-state index contributed by atoms with van der Waals surface area (Å²) >= 11 is 6.63. The Morgan fingerprint density at radius 1 is 1.27 bits per heavy atom. The number of unbranched alkanes of at least 4 members (excludes halogenated alkanes) is 2. The van der Waals surface area contributed by atoms with Crippen molar-refractivity contribution in [1.29, 1.82) is 5.26 Å². The second-order valence-corrected chi connectivity index (χ2v) is 6.44. The number of halogens is 2. The number of amides is 1. The zero-order valence-corrected chi connectivity index (χ0v) is 15.2. The molecule has 0 fully saturated rings. The Balaban J connectivity index is 2.73. The zero-order chi connectivity index (χ0) is 16.5. The van der Waals surface area contributed by atoms with Crippen LogP contribution in [0.5, 0.6) is 0 Å². The number of carbonyl (C=O) groups excluding carboxylic acids is 2. The van der Waals surface area contributed by atoms with E-state index in [0.29, 0.717) is 31.2 Å². The van der Waals surface area contributed by atoms with Crippen LogP contribution in [0.1, 0.15) is 36.0 Å². The van der Waals surface area contributed by atoms with Gasteiger partial charge in [0.2, 0.25) is 0 Å². The fourth-order valence-electron chi connectivity index (χ4n) is 1.87. The quantitative estimate of drug-likeness (QED) is 0.528. The summed E-state index contributed by atoms with van der Waals surface area (Å²) in [6, 6.07) is 6.49. The van der Waals surface area contributed by atoms with Crippen LogP contribution in [-0.2, 0) is 9.53 Å². The molecule has 0 aliphatic rings. The molecule has 0 heterocycles. The van der Waals surface area contributed by atoms with Crippen LogP contribution in [0.2, 0.25) is 0 Å². The third kappa shape index (κ3) is 6.16. The van der Waals surface area contributed by atoms with Gasteiger partial charge in [0.1, 0.15) is 6.04 Å². The van der Waals surface area contributed by atoms with Gasteiger partial charge in [0.05, 0.1) is 13.2 Å². The molecule has 22 heavy (non-hydrogen) atoms. The number of ether oxygens (including phenoxy) is 1. The van der Waals surface area contributed by atoms with Crippen molar-refractivity contribution in [1.82, 2.24) is 5.32 Å². The summed E-state index contributed by atoms with van der Waals surface area (Å²) < 4.78 is 6.24. The van der Waals surface area contributed by atoms with Gasteiger partial charge in [0, 0.05) is 20.9 Å². The molecule has 1 aromatic rings. The van der Waals surface area contributed by atoms with Gasteiger partial charge in [-0.05, 0) is 37.5 Å². The van der Waals surface area contributed by atoms with Crippen LogP contribution in [0.4, 0.5) is 0 Å². The van der Waals surface area contributed by atoms with Gasteiger partial charge in [0.15, 0.2) is 0 Å². The van der Waals surface area contributed by atoms with E-state index >= 15 is 0 Å². The molecule has 5 nitrogen and oxygen atoms in total. The third-order valence-electron chi connectivity index (χ3n) is 2.95. The van der Waals surface area contributed by atoms with Crippen LogP contribution >= 0.6 is 31.9 Å². The average molecular weight is 432 g/mol. The number of esters is 1. The van der Waals surface area contributed by atoms with Gasteiger partial charge in [-0.1, -0.05) is 31.9 Å². The van der Waals surface area contributed by atoms with E-state index in [9.17, 15) is 9.59 Å². The van der Waals surface area contributed by atoms with Crippen LogP contribution in [0.3, 0.4) is 0 Å². The molecular formula is C15H16Br2N2O3. The highest BCUT2D eigenvalue weighted by molar-refractivity contribution is 9.11. The second-order valence-electron chi connectivity index (χ2n) is 4.61. The molecule has 0 saturated heterocycles. The predicted octanol–water partition coefficient (Wildman–Crippen LogP) is 3.57. The van der Waals surface area contributed by atoms with Crippen molar-refractivity contribution in [3.8, 4) is 6.07 Å². The average Bonchev–Trinajstić information content (AvgIpc) is 2.48. The summed E-state index contributed by atoms with van der Waals surface area (Å²) in [6.07, 6.45) is 2.22. The zero-order valence-electron chi connectivity index (χ0n) is 12.1. The Labute approximate surface area is 146 Å². The molecule has 1 amide bonds. The maximum Gasteiger partial charge on any atom is 0.328 e. The molecule has 0 radical (unpaired) electrons. The van der Waals surface area contributed by atoms with E-state index in [1.165, 1.54) is 7.11 Å². The minimum atomic E-state index is -0.714. The van der Waals surface area contributed by atoms with E-state index in [4.69, 9.17) is 10.00 Å². The monoisotopic (exact) mass is 430 g/mol. The van der Waals surface area contributed by atoms with E-state index < -0.39 is 12.0 Å². The van der Waals surface area contributed by atoms with Crippen molar-refractivity contribution in [3.63, 3.8) is 0 Å². The third-order valence-corrected chi connectivity index (χ3v) is 3.86. The summed E-state index contributed by atoms with van der Waals surface area (Å²) in [7, 11) is 1.28. The van der Waals surface area contributed by atoms with Crippen molar-refractivity contribution >= 4 is 43.7 Å². The molecule has 0 unspecified atom stereocenters. The molecule has 1 rings (SSSR count). The maximum absolute atomic E-state index is 12.3. The molecule has 1 N–H and O–H groups in total. The number of nitriles is 1. The minimum absolute atomic E-state index is 0.349. The van der Waals surface area contributed by atoms with E-state index in [-0.39, 0.29) is 5.91 Å². The number of carbonyl (C=O) groups is 2. The molecule has 0 spiro atoms. The second kappa shape index (κ2) is 9.59. The molecule has 1 aromatic carbocycles. The van der Waals surface area contributed by atoms with Crippen molar-refractivity contribution in [3.05, 3.63) is 32.7 Å². The molecule has 0 aliphatic carbocycles.